The number of aryl methyl sites for hydroxylation is 2. The Balaban J connectivity index is 2.24. The zero-order valence-electron chi connectivity index (χ0n) is 19.0. The Morgan fingerprint density at radius 1 is 1.00 bits per heavy atom. The minimum atomic E-state index is -0.569. The summed E-state index contributed by atoms with van der Waals surface area (Å²) < 4.78 is 5.22. The third-order valence-corrected chi connectivity index (χ3v) is 5.61. The molecule has 2 atom stereocenters. The number of methoxy groups -OCH3 is 1. The van der Waals surface area contributed by atoms with E-state index in [0.717, 1.165) is 28.9 Å². The Morgan fingerprint density at radius 3 is 2.20 bits per heavy atom. The molecule has 2 amide bonds. The summed E-state index contributed by atoms with van der Waals surface area (Å²) in [5.74, 6) is 0.557. The maximum absolute atomic E-state index is 13.3. The molecule has 0 aliphatic carbocycles. The van der Waals surface area contributed by atoms with Gasteiger partial charge in [-0.3, -0.25) is 9.59 Å². The van der Waals surface area contributed by atoms with Crippen LogP contribution < -0.4 is 10.1 Å². The van der Waals surface area contributed by atoms with Gasteiger partial charge < -0.3 is 15.0 Å². The second-order valence-electron chi connectivity index (χ2n) is 7.96. The molecule has 0 bridgehead atoms. The van der Waals surface area contributed by atoms with Gasteiger partial charge in [-0.2, -0.15) is 0 Å². The number of carbonyl (C=O) groups is 2. The van der Waals surface area contributed by atoms with Crippen molar-refractivity contribution in [2.24, 2.45) is 0 Å². The van der Waals surface area contributed by atoms with Gasteiger partial charge in [-0.05, 0) is 68.5 Å². The summed E-state index contributed by atoms with van der Waals surface area (Å²) in [4.78, 5) is 27.7. The SMILES string of the molecule is CC[C@H](C)NC(=O)[C@@H](C)N(Cc1ccc(OC)cc1)C(=O)Cc1ccc(C)c(C)c1. The van der Waals surface area contributed by atoms with E-state index in [1.54, 1.807) is 18.9 Å². The number of amides is 2. The molecule has 0 fully saturated rings. The van der Waals surface area contributed by atoms with Crippen LogP contribution in [0.25, 0.3) is 0 Å². The Labute approximate surface area is 180 Å². The third-order valence-electron chi connectivity index (χ3n) is 5.61. The minimum Gasteiger partial charge on any atom is -0.497 e. The van der Waals surface area contributed by atoms with E-state index in [1.165, 1.54) is 5.56 Å². The average Bonchev–Trinajstić information content (AvgIpc) is 2.74. The summed E-state index contributed by atoms with van der Waals surface area (Å²) in [5, 5.41) is 3.00. The van der Waals surface area contributed by atoms with Gasteiger partial charge in [-0.1, -0.05) is 37.3 Å². The molecule has 0 aliphatic heterocycles. The summed E-state index contributed by atoms with van der Waals surface area (Å²) >= 11 is 0. The Morgan fingerprint density at radius 2 is 1.63 bits per heavy atom. The van der Waals surface area contributed by atoms with Crippen molar-refractivity contribution >= 4 is 11.8 Å². The van der Waals surface area contributed by atoms with Crippen LogP contribution in [0.2, 0.25) is 0 Å². The molecule has 0 heterocycles. The molecule has 1 N–H and O–H groups in total. The van der Waals surface area contributed by atoms with Crippen molar-refractivity contribution < 1.29 is 14.3 Å². The molecule has 0 radical (unpaired) electrons. The van der Waals surface area contributed by atoms with Gasteiger partial charge in [0.15, 0.2) is 0 Å². The van der Waals surface area contributed by atoms with E-state index in [9.17, 15) is 9.59 Å². The lowest BCUT2D eigenvalue weighted by Crippen LogP contribution is -2.49. The van der Waals surface area contributed by atoms with Gasteiger partial charge in [0.05, 0.1) is 13.5 Å². The van der Waals surface area contributed by atoms with Gasteiger partial charge in [-0.15, -0.1) is 0 Å². The molecule has 30 heavy (non-hydrogen) atoms. The van der Waals surface area contributed by atoms with Gasteiger partial charge in [0.2, 0.25) is 11.8 Å². The van der Waals surface area contributed by atoms with Gasteiger partial charge in [-0.25, -0.2) is 0 Å². The number of benzene rings is 2. The smallest absolute Gasteiger partial charge is 0.242 e. The molecule has 0 unspecified atom stereocenters. The first kappa shape index (κ1) is 23.5. The summed E-state index contributed by atoms with van der Waals surface area (Å²) in [6.07, 6.45) is 1.10. The fraction of sp³-hybridized carbons (Fsp3) is 0.440. The van der Waals surface area contributed by atoms with Gasteiger partial charge in [0, 0.05) is 12.6 Å². The Kier molecular flexibility index (Phi) is 8.46. The van der Waals surface area contributed by atoms with E-state index in [4.69, 9.17) is 4.74 Å². The summed E-state index contributed by atoms with van der Waals surface area (Å²) in [6.45, 7) is 10.2. The molecule has 2 aromatic rings. The normalized spacial score (nSPS) is 12.7. The third kappa shape index (κ3) is 6.34. The number of hydrogen-bond donors (Lipinski definition) is 1. The van der Waals surface area contributed by atoms with Crippen molar-refractivity contribution in [3.05, 3.63) is 64.7 Å². The highest BCUT2D eigenvalue weighted by Crippen LogP contribution is 2.17. The molecule has 0 saturated carbocycles. The summed E-state index contributed by atoms with van der Waals surface area (Å²) in [5.41, 5.74) is 4.26. The number of nitrogens with zero attached hydrogens (tertiary/aromatic N) is 1. The number of hydrogen-bond acceptors (Lipinski definition) is 3. The summed E-state index contributed by atoms with van der Waals surface area (Å²) in [7, 11) is 1.62. The predicted molar refractivity (Wildman–Crippen MR) is 121 cm³/mol. The number of ether oxygens (including phenoxy) is 1. The van der Waals surface area contributed by atoms with Crippen LogP contribution >= 0.6 is 0 Å². The zero-order chi connectivity index (χ0) is 22.3. The lowest BCUT2D eigenvalue weighted by atomic mass is 10.0. The second-order valence-corrected chi connectivity index (χ2v) is 7.96. The zero-order valence-corrected chi connectivity index (χ0v) is 19.0. The molecule has 0 aromatic heterocycles. The monoisotopic (exact) mass is 410 g/mol. The Bertz CT molecular complexity index is 861. The first-order valence-corrected chi connectivity index (χ1v) is 10.5. The Hall–Kier alpha value is -2.82. The fourth-order valence-electron chi connectivity index (χ4n) is 3.17. The molecule has 0 aliphatic rings. The molecule has 0 saturated heterocycles. The quantitative estimate of drug-likeness (QED) is 0.674. The molecule has 2 rings (SSSR count). The van der Waals surface area contributed by atoms with E-state index in [1.807, 2.05) is 63.2 Å². The lowest BCUT2D eigenvalue weighted by molar-refractivity contribution is -0.140. The van der Waals surface area contributed by atoms with Crippen molar-refractivity contribution in [2.75, 3.05) is 7.11 Å². The van der Waals surface area contributed by atoms with E-state index in [-0.39, 0.29) is 24.3 Å². The summed E-state index contributed by atoms with van der Waals surface area (Å²) in [6, 6.07) is 13.1. The van der Waals surface area contributed by atoms with Gasteiger partial charge in [0.1, 0.15) is 11.8 Å². The van der Waals surface area contributed by atoms with Crippen molar-refractivity contribution in [3.8, 4) is 5.75 Å². The van der Waals surface area contributed by atoms with E-state index in [0.29, 0.717) is 6.54 Å². The van der Waals surface area contributed by atoms with E-state index < -0.39 is 6.04 Å². The molecule has 5 nitrogen and oxygen atoms in total. The highest BCUT2D eigenvalue weighted by Gasteiger charge is 2.27. The van der Waals surface area contributed by atoms with Crippen LogP contribution in [0.3, 0.4) is 0 Å². The topological polar surface area (TPSA) is 58.6 Å². The first-order valence-electron chi connectivity index (χ1n) is 10.5. The van der Waals surface area contributed by atoms with Gasteiger partial charge >= 0.3 is 0 Å². The van der Waals surface area contributed by atoms with Crippen LogP contribution in [0, 0.1) is 13.8 Å². The first-order chi connectivity index (χ1) is 14.2. The van der Waals surface area contributed by atoms with Crippen molar-refractivity contribution in [1.29, 1.82) is 0 Å². The number of carbonyl (C=O) groups excluding carboxylic acids is 2. The van der Waals surface area contributed by atoms with Crippen molar-refractivity contribution in [1.82, 2.24) is 10.2 Å². The molecular formula is C25H34N2O3. The molecule has 162 valence electrons. The lowest BCUT2D eigenvalue weighted by Gasteiger charge is -2.30. The van der Waals surface area contributed by atoms with Crippen LogP contribution in [0.1, 0.15) is 49.4 Å². The molecule has 2 aromatic carbocycles. The number of rotatable bonds is 9. The maximum Gasteiger partial charge on any atom is 0.242 e. The van der Waals surface area contributed by atoms with Crippen LogP contribution in [-0.4, -0.2) is 35.9 Å². The van der Waals surface area contributed by atoms with Crippen LogP contribution in [0.5, 0.6) is 5.75 Å². The van der Waals surface area contributed by atoms with Crippen LogP contribution in [0.15, 0.2) is 42.5 Å². The largest absolute Gasteiger partial charge is 0.497 e. The van der Waals surface area contributed by atoms with Gasteiger partial charge in [0.25, 0.3) is 0 Å². The van der Waals surface area contributed by atoms with Crippen molar-refractivity contribution in [3.63, 3.8) is 0 Å². The second kappa shape index (κ2) is 10.8. The highest BCUT2D eigenvalue weighted by atomic mass is 16.5. The van der Waals surface area contributed by atoms with Crippen molar-refractivity contribution in [2.45, 2.75) is 66.1 Å². The van der Waals surface area contributed by atoms with Crippen LogP contribution in [-0.2, 0) is 22.6 Å². The molecular weight excluding hydrogens is 376 g/mol. The number of nitrogens with one attached hydrogen (secondary N) is 1. The van der Waals surface area contributed by atoms with Crippen LogP contribution in [0.4, 0.5) is 0 Å². The molecule has 5 heteroatoms. The van der Waals surface area contributed by atoms with E-state index in [2.05, 4.69) is 12.2 Å². The minimum absolute atomic E-state index is 0.0673. The fourth-order valence-corrected chi connectivity index (χ4v) is 3.17. The molecule has 0 spiro atoms. The average molecular weight is 411 g/mol. The predicted octanol–water partition coefficient (Wildman–Crippen LogP) is 4.19. The standard InChI is InChI=1S/C25H34N2O3/c1-7-19(4)26-25(29)20(5)27(16-21-10-12-23(30-6)13-11-21)24(28)15-22-9-8-17(2)18(3)14-22/h8-14,19-20H,7,15-16H2,1-6H3,(H,26,29)/t19-,20+/m0/s1. The maximum atomic E-state index is 13.3. The highest BCUT2D eigenvalue weighted by molar-refractivity contribution is 5.88. The van der Waals surface area contributed by atoms with E-state index >= 15 is 0 Å².